The molecular formula is C16H17BrN2O. The number of rotatable bonds is 3. The third kappa shape index (κ3) is 3.39. The predicted octanol–water partition coefficient (Wildman–Crippen LogP) is 3.83. The van der Waals surface area contributed by atoms with E-state index < -0.39 is 0 Å². The van der Waals surface area contributed by atoms with Gasteiger partial charge in [-0.25, -0.2) is 0 Å². The number of halogens is 1. The number of carbonyl (C=O) groups is 1. The quantitative estimate of drug-likeness (QED) is 0.839. The maximum absolute atomic E-state index is 12.1. The third-order valence-electron chi connectivity index (χ3n) is 3.29. The molecule has 2 aromatic rings. The lowest BCUT2D eigenvalue weighted by Gasteiger charge is -2.13. The van der Waals surface area contributed by atoms with Gasteiger partial charge in [-0.15, -0.1) is 0 Å². The lowest BCUT2D eigenvalue weighted by molar-refractivity contribution is -0.115. The molecule has 0 fully saturated rings. The van der Waals surface area contributed by atoms with E-state index in [2.05, 4.69) is 21.2 Å². The maximum Gasteiger partial charge on any atom is 0.228 e. The Hall–Kier alpha value is -1.81. The Bertz CT molecular complexity index is 653. The fourth-order valence-electron chi connectivity index (χ4n) is 2.02. The molecule has 2 aromatic carbocycles. The van der Waals surface area contributed by atoms with E-state index in [9.17, 15) is 4.79 Å². The van der Waals surface area contributed by atoms with Crippen molar-refractivity contribution in [3.05, 3.63) is 57.6 Å². The van der Waals surface area contributed by atoms with Crippen LogP contribution in [0.5, 0.6) is 0 Å². The fraction of sp³-hybridized carbons (Fsp3) is 0.188. The first-order valence-corrected chi connectivity index (χ1v) is 7.16. The first-order valence-electron chi connectivity index (χ1n) is 6.37. The number of aryl methyl sites for hydroxylation is 1. The summed E-state index contributed by atoms with van der Waals surface area (Å²) < 4.78 is 0.967. The number of benzene rings is 2. The van der Waals surface area contributed by atoms with E-state index in [1.807, 2.05) is 50.2 Å². The minimum atomic E-state index is -0.0662. The molecule has 0 unspecified atom stereocenters. The molecule has 0 bridgehead atoms. The van der Waals surface area contributed by atoms with Gasteiger partial charge in [-0.2, -0.15) is 0 Å². The highest BCUT2D eigenvalue weighted by Gasteiger charge is 2.10. The molecule has 4 heteroatoms. The molecular weight excluding hydrogens is 316 g/mol. The van der Waals surface area contributed by atoms with E-state index in [1.165, 1.54) is 0 Å². The molecule has 0 spiro atoms. The van der Waals surface area contributed by atoms with Gasteiger partial charge in [0.15, 0.2) is 0 Å². The fourth-order valence-corrected chi connectivity index (χ4v) is 2.47. The molecule has 0 heterocycles. The first kappa shape index (κ1) is 14.6. The Morgan fingerprint density at radius 2 is 2.00 bits per heavy atom. The normalized spacial score (nSPS) is 10.3. The van der Waals surface area contributed by atoms with Crippen molar-refractivity contribution >= 4 is 33.2 Å². The second-order valence-electron chi connectivity index (χ2n) is 4.83. The average molecular weight is 333 g/mol. The van der Waals surface area contributed by atoms with Crippen molar-refractivity contribution in [2.75, 3.05) is 11.1 Å². The lowest BCUT2D eigenvalue weighted by atomic mass is 10.1. The van der Waals surface area contributed by atoms with Crippen LogP contribution in [0.2, 0.25) is 0 Å². The zero-order valence-corrected chi connectivity index (χ0v) is 13.1. The van der Waals surface area contributed by atoms with Crippen molar-refractivity contribution in [2.45, 2.75) is 20.3 Å². The number of nitrogens with one attached hydrogen (secondary N) is 1. The van der Waals surface area contributed by atoms with Gasteiger partial charge in [-0.3, -0.25) is 4.79 Å². The van der Waals surface area contributed by atoms with Gasteiger partial charge in [0.25, 0.3) is 0 Å². The zero-order chi connectivity index (χ0) is 14.7. The molecule has 0 saturated carbocycles. The SMILES string of the molecule is Cc1ccc(N)c(NC(=O)Cc2cccc(Br)c2)c1C. The van der Waals surface area contributed by atoms with Gasteiger partial charge in [-0.05, 0) is 48.7 Å². The second-order valence-corrected chi connectivity index (χ2v) is 5.74. The van der Waals surface area contributed by atoms with Gasteiger partial charge in [0.2, 0.25) is 5.91 Å². The molecule has 1 amide bonds. The highest BCUT2D eigenvalue weighted by molar-refractivity contribution is 9.10. The molecule has 0 aliphatic carbocycles. The van der Waals surface area contributed by atoms with E-state index in [4.69, 9.17) is 5.73 Å². The number of carbonyl (C=O) groups excluding carboxylic acids is 1. The van der Waals surface area contributed by atoms with Gasteiger partial charge in [0.05, 0.1) is 17.8 Å². The van der Waals surface area contributed by atoms with E-state index in [-0.39, 0.29) is 5.91 Å². The summed E-state index contributed by atoms with van der Waals surface area (Å²) in [6, 6.07) is 11.5. The van der Waals surface area contributed by atoms with Crippen LogP contribution < -0.4 is 11.1 Å². The number of hydrogen-bond acceptors (Lipinski definition) is 2. The molecule has 3 nitrogen and oxygen atoms in total. The molecule has 2 rings (SSSR count). The Morgan fingerprint density at radius 1 is 1.25 bits per heavy atom. The lowest BCUT2D eigenvalue weighted by Crippen LogP contribution is -2.16. The summed E-state index contributed by atoms with van der Waals surface area (Å²) in [5.41, 5.74) is 10.3. The number of anilines is 2. The minimum absolute atomic E-state index is 0.0662. The van der Waals surface area contributed by atoms with Crippen LogP contribution in [0, 0.1) is 13.8 Å². The Labute approximate surface area is 127 Å². The van der Waals surface area contributed by atoms with Crippen LogP contribution in [0.15, 0.2) is 40.9 Å². The van der Waals surface area contributed by atoms with Crippen molar-refractivity contribution in [1.29, 1.82) is 0 Å². The van der Waals surface area contributed by atoms with Crippen molar-refractivity contribution in [3.63, 3.8) is 0 Å². The summed E-state index contributed by atoms with van der Waals surface area (Å²) in [5.74, 6) is -0.0662. The standard InChI is InChI=1S/C16H17BrN2O/c1-10-6-7-14(18)16(11(10)2)19-15(20)9-12-4-3-5-13(17)8-12/h3-8H,9,18H2,1-2H3,(H,19,20). The van der Waals surface area contributed by atoms with E-state index in [1.54, 1.807) is 0 Å². The third-order valence-corrected chi connectivity index (χ3v) is 3.78. The highest BCUT2D eigenvalue weighted by atomic mass is 79.9. The van der Waals surface area contributed by atoms with Gasteiger partial charge < -0.3 is 11.1 Å². The predicted molar refractivity (Wildman–Crippen MR) is 86.8 cm³/mol. The summed E-state index contributed by atoms with van der Waals surface area (Å²) in [6.07, 6.45) is 0.326. The Kier molecular flexibility index (Phi) is 4.45. The summed E-state index contributed by atoms with van der Waals surface area (Å²) in [5, 5.41) is 2.91. The monoisotopic (exact) mass is 332 g/mol. The Balaban J connectivity index is 2.15. The van der Waals surface area contributed by atoms with Crippen LogP contribution in [0.4, 0.5) is 11.4 Å². The molecule has 3 N–H and O–H groups in total. The van der Waals surface area contributed by atoms with Crippen LogP contribution in [0.1, 0.15) is 16.7 Å². The largest absolute Gasteiger partial charge is 0.397 e. The molecule has 0 aromatic heterocycles. The zero-order valence-electron chi connectivity index (χ0n) is 11.5. The van der Waals surface area contributed by atoms with Crippen molar-refractivity contribution in [2.24, 2.45) is 0 Å². The summed E-state index contributed by atoms with van der Waals surface area (Å²) in [4.78, 5) is 12.1. The van der Waals surface area contributed by atoms with Crippen molar-refractivity contribution in [3.8, 4) is 0 Å². The van der Waals surface area contributed by atoms with Crippen LogP contribution in [-0.2, 0) is 11.2 Å². The van der Waals surface area contributed by atoms with Crippen LogP contribution in [0.25, 0.3) is 0 Å². The molecule has 0 radical (unpaired) electrons. The molecule has 0 aliphatic rings. The van der Waals surface area contributed by atoms with Crippen molar-refractivity contribution < 1.29 is 4.79 Å². The highest BCUT2D eigenvalue weighted by Crippen LogP contribution is 2.26. The Morgan fingerprint density at radius 3 is 2.70 bits per heavy atom. The maximum atomic E-state index is 12.1. The number of amides is 1. The molecule has 0 saturated heterocycles. The van der Waals surface area contributed by atoms with Crippen LogP contribution >= 0.6 is 15.9 Å². The van der Waals surface area contributed by atoms with Gasteiger partial charge in [0, 0.05) is 4.47 Å². The van der Waals surface area contributed by atoms with Crippen LogP contribution in [-0.4, -0.2) is 5.91 Å². The van der Waals surface area contributed by atoms with E-state index in [0.29, 0.717) is 17.8 Å². The van der Waals surface area contributed by atoms with E-state index in [0.717, 1.165) is 21.2 Å². The van der Waals surface area contributed by atoms with Crippen molar-refractivity contribution in [1.82, 2.24) is 0 Å². The number of hydrogen-bond donors (Lipinski definition) is 2. The van der Waals surface area contributed by atoms with Gasteiger partial charge >= 0.3 is 0 Å². The number of nitrogen functional groups attached to an aromatic ring is 1. The minimum Gasteiger partial charge on any atom is -0.397 e. The molecule has 104 valence electrons. The topological polar surface area (TPSA) is 55.1 Å². The summed E-state index contributed by atoms with van der Waals surface area (Å²) >= 11 is 3.40. The van der Waals surface area contributed by atoms with Gasteiger partial charge in [-0.1, -0.05) is 34.1 Å². The number of nitrogens with two attached hydrogens (primary N) is 1. The first-order chi connectivity index (χ1) is 9.47. The average Bonchev–Trinajstić information content (AvgIpc) is 2.39. The molecule has 0 aliphatic heterocycles. The smallest absolute Gasteiger partial charge is 0.228 e. The summed E-state index contributed by atoms with van der Waals surface area (Å²) in [7, 11) is 0. The molecule has 0 atom stereocenters. The van der Waals surface area contributed by atoms with Crippen LogP contribution in [0.3, 0.4) is 0 Å². The molecule has 20 heavy (non-hydrogen) atoms. The van der Waals surface area contributed by atoms with Gasteiger partial charge in [0.1, 0.15) is 0 Å². The second kappa shape index (κ2) is 6.09. The summed E-state index contributed by atoms with van der Waals surface area (Å²) in [6.45, 7) is 3.96. The van der Waals surface area contributed by atoms with E-state index >= 15 is 0 Å².